The molecule has 9 heteroatoms. The predicted molar refractivity (Wildman–Crippen MR) is 147 cm³/mol. The summed E-state index contributed by atoms with van der Waals surface area (Å²) >= 11 is 1.36. The van der Waals surface area contributed by atoms with Gasteiger partial charge in [-0.2, -0.15) is 0 Å². The fourth-order valence-electron chi connectivity index (χ4n) is 5.08. The van der Waals surface area contributed by atoms with E-state index in [1.807, 2.05) is 6.92 Å². The smallest absolute Gasteiger partial charge is 0.337 e. The summed E-state index contributed by atoms with van der Waals surface area (Å²) in [7, 11) is 1.30. The second-order valence-corrected chi connectivity index (χ2v) is 10.7. The van der Waals surface area contributed by atoms with Crippen LogP contribution in [0.25, 0.3) is 11.1 Å². The monoisotopic (exact) mass is 546 g/mol. The second kappa shape index (κ2) is 10.9. The zero-order valence-electron chi connectivity index (χ0n) is 21.5. The third-order valence-corrected chi connectivity index (χ3v) is 7.71. The van der Waals surface area contributed by atoms with Crippen LogP contribution in [0, 0.1) is 5.82 Å². The largest absolute Gasteiger partial charge is 0.504 e. The molecule has 0 aliphatic heterocycles. The molecule has 0 saturated heterocycles. The number of aromatic nitrogens is 1. The Morgan fingerprint density at radius 2 is 1.95 bits per heavy atom. The number of nitrogens with one attached hydrogen (secondary N) is 1. The molecule has 1 aliphatic rings. The number of aryl methyl sites for hydroxylation is 1. The van der Waals surface area contributed by atoms with Crippen molar-refractivity contribution in [2.24, 2.45) is 0 Å². The van der Waals surface area contributed by atoms with Crippen LogP contribution in [0.15, 0.2) is 66.2 Å². The first kappa shape index (κ1) is 26.4. The number of rotatable bonds is 7. The molecular formula is C30H27FN2O5S. The van der Waals surface area contributed by atoms with Crippen molar-refractivity contribution in [2.75, 3.05) is 12.4 Å². The summed E-state index contributed by atoms with van der Waals surface area (Å²) in [4.78, 5) is 28.6. The lowest BCUT2D eigenvalue weighted by molar-refractivity contribution is -0.117. The summed E-state index contributed by atoms with van der Waals surface area (Å²) in [5.74, 6) is -0.749. The van der Waals surface area contributed by atoms with Crippen LogP contribution in [0.4, 0.5) is 9.52 Å². The molecule has 7 nitrogen and oxygen atoms in total. The van der Waals surface area contributed by atoms with Gasteiger partial charge in [-0.25, -0.2) is 14.2 Å². The van der Waals surface area contributed by atoms with Crippen LogP contribution >= 0.6 is 11.3 Å². The Bertz CT molecular complexity index is 1520. The quantitative estimate of drug-likeness (QED) is 0.246. The number of phenolic OH excluding ortho intramolecular Hbond substituents is 1. The van der Waals surface area contributed by atoms with E-state index in [4.69, 9.17) is 9.47 Å². The third-order valence-electron chi connectivity index (χ3n) is 7.02. The lowest BCUT2D eigenvalue weighted by Gasteiger charge is -2.36. The van der Waals surface area contributed by atoms with Gasteiger partial charge in [0.05, 0.1) is 12.7 Å². The van der Waals surface area contributed by atoms with Crippen molar-refractivity contribution >= 4 is 28.3 Å². The molecule has 0 bridgehead atoms. The Hall–Kier alpha value is -4.24. The number of fused-ring (bicyclic) bond motifs is 1. The van der Waals surface area contributed by atoms with E-state index in [-0.39, 0.29) is 29.6 Å². The average molecular weight is 547 g/mol. The van der Waals surface area contributed by atoms with Crippen LogP contribution in [-0.2, 0) is 21.4 Å². The molecule has 200 valence electrons. The number of amides is 1. The Labute approximate surface area is 229 Å². The lowest BCUT2D eigenvalue weighted by Crippen LogP contribution is -2.32. The predicted octanol–water partition coefficient (Wildman–Crippen LogP) is 6.86. The molecule has 1 aromatic heterocycles. The van der Waals surface area contributed by atoms with Crippen molar-refractivity contribution < 1.29 is 28.6 Å². The zero-order valence-corrected chi connectivity index (χ0v) is 22.3. The molecule has 0 fully saturated rings. The minimum Gasteiger partial charge on any atom is -0.504 e. The number of halogens is 1. The van der Waals surface area contributed by atoms with Crippen LogP contribution < -0.4 is 10.1 Å². The molecule has 0 radical (unpaired) electrons. The number of benzene rings is 3. The standard InChI is InChI=1S/C30H27FN2O5S/c1-30(17-27(35)33-29-32-12-13-39-29)11-3-4-20-14-25(34)26(16-23(20)30)38-21-9-10-22(24(31)15-21)18-5-7-19(8-6-18)28(36)37-2/h5-10,12-16,34H,3-4,11,17H2,1-2H3,(H,32,33,35)/t30-/m1/s1. The molecule has 0 spiro atoms. The van der Waals surface area contributed by atoms with Crippen molar-refractivity contribution in [3.63, 3.8) is 0 Å². The van der Waals surface area contributed by atoms with Crippen LogP contribution in [0.2, 0.25) is 0 Å². The molecule has 0 unspecified atom stereocenters. The van der Waals surface area contributed by atoms with Gasteiger partial charge in [0.1, 0.15) is 11.6 Å². The van der Waals surface area contributed by atoms with Gasteiger partial charge in [0, 0.05) is 35.0 Å². The lowest BCUT2D eigenvalue weighted by atomic mass is 9.69. The first-order valence-electron chi connectivity index (χ1n) is 12.5. The first-order chi connectivity index (χ1) is 18.8. The van der Waals surface area contributed by atoms with Gasteiger partial charge in [0.2, 0.25) is 5.91 Å². The molecule has 4 aromatic rings. The third kappa shape index (κ3) is 5.63. The number of aromatic hydroxyl groups is 1. The summed E-state index contributed by atoms with van der Waals surface area (Å²) in [6.07, 6.45) is 4.36. The fourth-order valence-corrected chi connectivity index (χ4v) is 5.62. The van der Waals surface area contributed by atoms with Gasteiger partial charge in [0.15, 0.2) is 16.6 Å². The number of thiazole rings is 1. The maximum absolute atomic E-state index is 15.1. The highest BCUT2D eigenvalue weighted by Gasteiger charge is 2.35. The van der Waals surface area contributed by atoms with E-state index in [1.54, 1.807) is 60.1 Å². The SMILES string of the molecule is COC(=O)c1ccc(-c2ccc(Oc3cc4c(cc3O)CCC[C@]4(C)CC(=O)Nc3nccs3)cc2F)cc1. The summed E-state index contributed by atoms with van der Waals surface area (Å²) < 4.78 is 25.7. The van der Waals surface area contributed by atoms with E-state index >= 15 is 4.39 Å². The van der Waals surface area contributed by atoms with Crippen LogP contribution in [-0.4, -0.2) is 29.1 Å². The minimum atomic E-state index is -0.514. The number of phenols is 1. The highest BCUT2D eigenvalue weighted by Crippen LogP contribution is 2.45. The number of carbonyl (C=O) groups is 2. The molecule has 1 amide bonds. The summed E-state index contributed by atoms with van der Waals surface area (Å²) in [5.41, 5.74) is 2.73. The molecule has 1 aliphatic carbocycles. The Balaban J connectivity index is 1.37. The first-order valence-corrected chi connectivity index (χ1v) is 13.4. The fraction of sp³-hybridized carbons (Fsp3) is 0.233. The molecule has 5 rings (SSSR count). The summed E-state index contributed by atoms with van der Waals surface area (Å²) in [6.45, 7) is 2.03. The van der Waals surface area contributed by atoms with Crippen LogP contribution in [0.1, 0.15) is 47.7 Å². The van der Waals surface area contributed by atoms with Gasteiger partial charge in [-0.1, -0.05) is 19.1 Å². The van der Waals surface area contributed by atoms with Gasteiger partial charge in [-0.05, 0) is 72.4 Å². The summed E-state index contributed by atoms with van der Waals surface area (Å²) in [5, 5.41) is 15.9. The van der Waals surface area contributed by atoms with E-state index in [0.717, 1.165) is 30.4 Å². The normalized spacial score (nSPS) is 16.3. The molecular weight excluding hydrogens is 519 g/mol. The Morgan fingerprint density at radius 3 is 2.64 bits per heavy atom. The topological polar surface area (TPSA) is 97.8 Å². The van der Waals surface area contributed by atoms with Crippen molar-refractivity contribution in [3.05, 3.63) is 88.7 Å². The maximum atomic E-state index is 15.1. The van der Waals surface area contributed by atoms with Gasteiger partial charge in [0.25, 0.3) is 0 Å². The number of hydrogen-bond acceptors (Lipinski definition) is 7. The number of carbonyl (C=O) groups excluding carboxylic acids is 2. The highest BCUT2D eigenvalue weighted by atomic mass is 32.1. The van der Waals surface area contributed by atoms with Gasteiger partial charge >= 0.3 is 5.97 Å². The van der Waals surface area contributed by atoms with E-state index in [0.29, 0.717) is 21.8 Å². The number of esters is 1. The van der Waals surface area contributed by atoms with E-state index in [1.165, 1.54) is 24.5 Å². The molecule has 2 N–H and O–H groups in total. The Kier molecular flexibility index (Phi) is 7.34. The number of methoxy groups -OCH3 is 1. The van der Waals surface area contributed by atoms with Gasteiger partial charge < -0.3 is 19.9 Å². The van der Waals surface area contributed by atoms with Crippen LogP contribution in [0.3, 0.4) is 0 Å². The number of anilines is 1. The van der Waals surface area contributed by atoms with Gasteiger partial charge in [-0.3, -0.25) is 4.79 Å². The van der Waals surface area contributed by atoms with Crippen molar-refractivity contribution in [1.82, 2.24) is 4.98 Å². The molecule has 39 heavy (non-hydrogen) atoms. The van der Waals surface area contributed by atoms with Crippen molar-refractivity contribution in [1.29, 1.82) is 0 Å². The van der Waals surface area contributed by atoms with Crippen molar-refractivity contribution in [3.8, 4) is 28.4 Å². The number of hydrogen-bond donors (Lipinski definition) is 2. The van der Waals surface area contributed by atoms with E-state index < -0.39 is 17.2 Å². The number of nitrogens with zero attached hydrogens (tertiary/aromatic N) is 1. The zero-order chi connectivity index (χ0) is 27.6. The molecule has 3 aromatic carbocycles. The highest BCUT2D eigenvalue weighted by molar-refractivity contribution is 7.13. The number of ether oxygens (including phenoxy) is 2. The van der Waals surface area contributed by atoms with Crippen molar-refractivity contribution in [2.45, 2.75) is 38.0 Å². The Morgan fingerprint density at radius 1 is 1.15 bits per heavy atom. The van der Waals surface area contributed by atoms with E-state index in [2.05, 4.69) is 10.3 Å². The van der Waals surface area contributed by atoms with Crippen LogP contribution in [0.5, 0.6) is 17.2 Å². The second-order valence-electron chi connectivity index (χ2n) is 9.77. The molecule has 1 heterocycles. The maximum Gasteiger partial charge on any atom is 0.337 e. The molecule has 0 saturated carbocycles. The molecule has 1 atom stereocenters. The van der Waals surface area contributed by atoms with E-state index in [9.17, 15) is 14.7 Å². The average Bonchev–Trinajstić information content (AvgIpc) is 3.42. The summed E-state index contributed by atoms with van der Waals surface area (Å²) in [6, 6.07) is 14.3. The minimum absolute atomic E-state index is 0.0480. The van der Waals surface area contributed by atoms with Gasteiger partial charge in [-0.15, -0.1) is 11.3 Å².